The van der Waals surface area contributed by atoms with Gasteiger partial charge in [0.1, 0.15) is 11.5 Å². The molecule has 0 aromatic heterocycles. The number of aliphatic hydroxyl groups excluding tert-OH is 1. The lowest BCUT2D eigenvalue weighted by atomic mass is 10.1. The van der Waals surface area contributed by atoms with Crippen molar-refractivity contribution in [2.75, 3.05) is 0 Å². The van der Waals surface area contributed by atoms with Crippen LogP contribution in [-0.2, 0) is 0 Å². The Balaban J connectivity index is 2.18. The highest BCUT2D eigenvalue weighted by Crippen LogP contribution is 2.29. The van der Waals surface area contributed by atoms with Crippen LogP contribution in [0.1, 0.15) is 36.1 Å². The fourth-order valence-electron chi connectivity index (χ4n) is 2.09. The minimum Gasteiger partial charge on any atom is -0.457 e. The topological polar surface area (TPSA) is 29.5 Å². The van der Waals surface area contributed by atoms with E-state index in [9.17, 15) is 5.11 Å². The van der Waals surface area contributed by atoms with E-state index >= 15 is 0 Å². The molecular weight excluding hydrogens is 272 g/mol. The van der Waals surface area contributed by atoms with Crippen molar-refractivity contribution in [1.82, 2.24) is 0 Å². The van der Waals surface area contributed by atoms with Gasteiger partial charge in [0.2, 0.25) is 0 Å². The lowest BCUT2D eigenvalue weighted by Gasteiger charge is -2.11. The standard InChI is InChI=1S/C17H19ClO2/c1-4-16(19)13-5-7-14(8-6-13)20-15-9-11(2)17(18)12(3)10-15/h5-10,16,19H,4H2,1-3H3/t16-/m1/s1. The number of benzene rings is 2. The SMILES string of the molecule is CC[C@@H](O)c1ccc(Oc2cc(C)c(Cl)c(C)c2)cc1. The molecule has 0 heterocycles. The van der Waals surface area contributed by atoms with E-state index < -0.39 is 6.10 Å². The highest BCUT2D eigenvalue weighted by molar-refractivity contribution is 6.32. The Bertz CT molecular complexity index is 567. The molecular formula is C17H19ClO2. The van der Waals surface area contributed by atoms with Crippen molar-refractivity contribution in [1.29, 1.82) is 0 Å². The smallest absolute Gasteiger partial charge is 0.128 e. The molecule has 0 amide bonds. The maximum atomic E-state index is 9.76. The third-order valence-corrected chi connectivity index (χ3v) is 3.89. The van der Waals surface area contributed by atoms with Gasteiger partial charge in [0.05, 0.1) is 6.10 Å². The van der Waals surface area contributed by atoms with Crippen molar-refractivity contribution in [3.63, 3.8) is 0 Å². The molecule has 0 bridgehead atoms. The molecule has 0 unspecified atom stereocenters. The van der Waals surface area contributed by atoms with Gasteiger partial charge in [0, 0.05) is 5.02 Å². The molecule has 0 spiro atoms. The minimum absolute atomic E-state index is 0.413. The van der Waals surface area contributed by atoms with E-state index in [1.807, 2.05) is 57.2 Å². The first-order valence-electron chi connectivity index (χ1n) is 6.74. The summed E-state index contributed by atoms with van der Waals surface area (Å²) in [7, 11) is 0. The molecule has 0 radical (unpaired) electrons. The fourth-order valence-corrected chi connectivity index (χ4v) is 2.20. The largest absolute Gasteiger partial charge is 0.457 e. The van der Waals surface area contributed by atoms with Gasteiger partial charge < -0.3 is 9.84 Å². The highest BCUT2D eigenvalue weighted by Gasteiger charge is 2.07. The third kappa shape index (κ3) is 3.33. The first kappa shape index (κ1) is 14.9. The van der Waals surface area contributed by atoms with Crippen LogP contribution in [0.5, 0.6) is 11.5 Å². The Kier molecular flexibility index (Phi) is 4.69. The van der Waals surface area contributed by atoms with Crippen molar-refractivity contribution in [2.45, 2.75) is 33.3 Å². The van der Waals surface area contributed by atoms with Gasteiger partial charge in [-0.1, -0.05) is 30.7 Å². The zero-order valence-electron chi connectivity index (χ0n) is 12.0. The van der Waals surface area contributed by atoms with E-state index in [-0.39, 0.29) is 0 Å². The van der Waals surface area contributed by atoms with E-state index in [1.165, 1.54) is 0 Å². The Hall–Kier alpha value is -1.51. The lowest BCUT2D eigenvalue weighted by molar-refractivity contribution is 0.173. The maximum absolute atomic E-state index is 9.76. The molecule has 3 heteroatoms. The minimum atomic E-state index is -0.413. The van der Waals surface area contributed by atoms with Gasteiger partial charge in [-0.2, -0.15) is 0 Å². The Morgan fingerprint density at radius 2 is 1.60 bits per heavy atom. The van der Waals surface area contributed by atoms with Crippen LogP contribution in [0.3, 0.4) is 0 Å². The van der Waals surface area contributed by atoms with E-state index in [1.54, 1.807) is 0 Å². The van der Waals surface area contributed by atoms with Crippen molar-refractivity contribution < 1.29 is 9.84 Å². The fraction of sp³-hybridized carbons (Fsp3) is 0.294. The predicted octanol–water partition coefficient (Wildman–Crippen LogP) is 5.19. The number of rotatable bonds is 4. The lowest BCUT2D eigenvalue weighted by Crippen LogP contribution is -1.94. The Labute approximate surface area is 125 Å². The van der Waals surface area contributed by atoms with Crippen LogP contribution in [0.15, 0.2) is 36.4 Å². The number of hydrogen-bond acceptors (Lipinski definition) is 2. The van der Waals surface area contributed by atoms with Crippen LogP contribution >= 0.6 is 11.6 Å². The van der Waals surface area contributed by atoms with E-state index in [0.717, 1.165) is 33.2 Å². The Morgan fingerprint density at radius 1 is 1.05 bits per heavy atom. The number of hydrogen-bond donors (Lipinski definition) is 1. The summed E-state index contributed by atoms with van der Waals surface area (Å²) in [6.07, 6.45) is 0.291. The van der Waals surface area contributed by atoms with Gasteiger partial charge in [-0.3, -0.25) is 0 Å². The zero-order chi connectivity index (χ0) is 14.7. The van der Waals surface area contributed by atoms with Gasteiger partial charge in [-0.25, -0.2) is 0 Å². The number of halogens is 1. The van der Waals surface area contributed by atoms with Gasteiger partial charge in [0.15, 0.2) is 0 Å². The highest BCUT2D eigenvalue weighted by atomic mass is 35.5. The van der Waals surface area contributed by atoms with E-state index in [2.05, 4.69) is 0 Å². The normalized spacial score (nSPS) is 12.2. The molecule has 2 aromatic carbocycles. The van der Waals surface area contributed by atoms with Crippen LogP contribution in [0.4, 0.5) is 0 Å². The summed E-state index contributed by atoms with van der Waals surface area (Å²) < 4.78 is 5.82. The van der Waals surface area contributed by atoms with Gasteiger partial charge in [-0.05, 0) is 61.2 Å². The number of aliphatic hydroxyl groups is 1. The average molecular weight is 291 g/mol. The van der Waals surface area contributed by atoms with Gasteiger partial charge in [-0.15, -0.1) is 0 Å². The first-order valence-corrected chi connectivity index (χ1v) is 7.11. The van der Waals surface area contributed by atoms with Crippen LogP contribution in [0.2, 0.25) is 5.02 Å². The van der Waals surface area contributed by atoms with Crippen LogP contribution in [0, 0.1) is 13.8 Å². The predicted molar refractivity (Wildman–Crippen MR) is 82.7 cm³/mol. The molecule has 0 saturated carbocycles. The second-order valence-electron chi connectivity index (χ2n) is 4.97. The molecule has 0 aliphatic rings. The molecule has 2 rings (SSSR count). The summed E-state index contributed by atoms with van der Waals surface area (Å²) in [5, 5.41) is 10.5. The summed E-state index contributed by atoms with van der Waals surface area (Å²) in [6.45, 7) is 5.88. The van der Waals surface area contributed by atoms with Gasteiger partial charge in [0.25, 0.3) is 0 Å². The summed E-state index contributed by atoms with van der Waals surface area (Å²) in [5.74, 6) is 1.52. The summed E-state index contributed by atoms with van der Waals surface area (Å²) in [6, 6.07) is 11.4. The molecule has 20 heavy (non-hydrogen) atoms. The molecule has 0 aliphatic heterocycles. The molecule has 0 saturated heterocycles. The maximum Gasteiger partial charge on any atom is 0.128 e. The second-order valence-corrected chi connectivity index (χ2v) is 5.34. The number of ether oxygens (including phenoxy) is 1. The third-order valence-electron chi connectivity index (χ3n) is 3.30. The zero-order valence-corrected chi connectivity index (χ0v) is 12.7. The second kappa shape index (κ2) is 6.29. The van der Waals surface area contributed by atoms with Crippen molar-refractivity contribution in [3.05, 3.63) is 58.1 Å². The van der Waals surface area contributed by atoms with Crippen molar-refractivity contribution in [2.24, 2.45) is 0 Å². The van der Waals surface area contributed by atoms with E-state index in [4.69, 9.17) is 16.3 Å². The molecule has 2 aromatic rings. The molecule has 1 atom stereocenters. The van der Waals surface area contributed by atoms with Crippen LogP contribution in [0.25, 0.3) is 0 Å². The quantitative estimate of drug-likeness (QED) is 0.839. The van der Waals surface area contributed by atoms with Gasteiger partial charge >= 0.3 is 0 Å². The summed E-state index contributed by atoms with van der Waals surface area (Å²) in [4.78, 5) is 0. The molecule has 0 fully saturated rings. The summed E-state index contributed by atoms with van der Waals surface area (Å²) >= 11 is 6.14. The summed E-state index contributed by atoms with van der Waals surface area (Å²) in [5.41, 5.74) is 2.91. The Morgan fingerprint density at radius 3 is 2.10 bits per heavy atom. The van der Waals surface area contributed by atoms with Crippen LogP contribution in [-0.4, -0.2) is 5.11 Å². The molecule has 106 valence electrons. The average Bonchev–Trinajstić information content (AvgIpc) is 2.44. The monoisotopic (exact) mass is 290 g/mol. The number of aryl methyl sites for hydroxylation is 2. The van der Waals surface area contributed by atoms with E-state index in [0.29, 0.717) is 6.42 Å². The molecule has 1 N–H and O–H groups in total. The van der Waals surface area contributed by atoms with Crippen molar-refractivity contribution in [3.8, 4) is 11.5 Å². The first-order chi connectivity index (χ1) is 9.51. The van der Waals surface area contributed by atoms with Crippen LogP contribution < -0.4 is 4.74 Å². The van der Waals surface area contributed by atoms with Crippen molar-refractivity contribution >= 4 is 11.6 Å². The molecule has 2 nitrogen and oxygen atoms in total. The molecule has 0 aliphatic carbocycles.